The molecule has 0 bridgehead atoms. The first-order valence-electron chi connectivity index (χ1n) is 16.0. The smallest absolute Gasteiger partial charge is 0.339 e. The van der Waals surface area contributed by atoms with Crippen LogP contribution < -0.4 is 5.43 Å². The molecule has 2 heterocycles. The number of carbonyl (C=O) groups excluding carboxylic acids is 1. The quantitative estimate of drug-likeness (QED) is 0.106. The highest BCUT2D eigenvalue weighted by Crippen LogP contribution is 2.47. The molecule has 12 heteroatoms. The lowest BCUT2D eigenvalue weighted by molar-refractivity contribution is -0.210. The number of pyridine rings is 2. The summed E-state index contributed by atoms with van der Waals surface area (Å²) in [6.45, 7) is 4.52. The highest BCUT2D eigenvalue weighted by Gasteiger charge is 2.54. The number of halogens is 5. The van der Waals surface area contributed by atoms with Crippen molar-refractivity contribution in [3.63, 3.8) is 0 Å². The number of amides is 1. The Morgan fingerprint density at radius 3 is 2.43 bits per heavy atom. The van der Waals surface area contributed by atoms with Crippen LogP contribution in [0.3, 0.4) is 0 Å². The van der Waals surface area contributed by atoms with Gasteiger partial charge in [-0.05, 0) is 48.8 Å². The maximum absolute atomic E-state index is 15.0. The molecular weight excluding hydrogens is 659 g/mol. The molecule has 1 amide bonds. The van der Waals surface area contributed by atoms with E-state index in [4.69, 9.17) is 0 Å². The fourth-order valence-electron chi connectivity index (χ4n) is 5.87. The van der Waals surface area contributed by atoms with Crippen molar-refractivity contribution >= 4 is 34.3 Å². The molecule has 5 rings (SSSR count). The van der Waals surface area contributed by atoms with Gasteiger partial charge in [0.25, 0.3) is 0 Å². The summed E-state index contributed by atoms with van der Waals surface area (Å²) in [5.74, 6) is -2.71. The molecule has 0 spiro atoms. The monoisotopic (exact) mass is 696 g/mol. The number of likely N-dealkylation sites (N-methyl/N-ethyl adjacent to an activating group) is 1. The predicted molar refractivity (Wildman–Crippen MR) is 183 cm³/mol. The number of nitrogens with zero attached hydrogens (tertiary/aromatic N) is 4. The van der Waals surface area contributed by atoms with Gasteiger partial charge in [-0.1, -0.05) is 74.5 Å². The van der Waals surface area contributed by atoms with Crippen LogP contribution in [-0.2, 0) is 17.1 Å². The van der Waals surface area contributed by atoms with Gasteiger partial charge in [0, 0.05) is 43.2 Å². The molecule has 6 nitrogen and oxygen atoms in total. The highest BCUT2D eigenvalue weighted by atomic mass is 32.2. The molecule has 2 aromatic carbocycles. The Labute approximate surface area is 285 Å². The third kappa shape index (κ3) is 8.13. The van der Waals surface area contributed by atoms with E-state index in [1.165, 1.54) is 39.9 Å². The Morgan fingerprint density at radius 1 is 1.00 bits per heavy atom. The Morgan fingerprint density at radius 2 is 1.76 bits per heavy atom. The van der Waals surface area contributed by atoms with Crippen LogP contribution in [0.4, 0.5) is 22.0 Å². The van der Waals surface area contributed by atoms with Crippen LogP contribution in [0, 0.1) is 17.0 Å². The maximum atomic E-state index is 15.0. The number of carbonyl (C=O) groups is 1. The van der Waals surface area contributed by atoms with E-state index >= 15 is 13.2 Å². The first kappa shape index (κ1) is 36.0. The van der Waals surface area contributed by atoms with Gasteiger partial charge in [0.05, 0.1) is 10.4 Å². The fraction of sp³-hybridized carbons (Fsp3) is 0.324. The topological polar surface area (TPSA) is 58.4 Å². The molecule has 0 saturated heterocycles. The molecule has 0 fully saturated rings. The molecule has 1 aliphatic carbocycles. The molecule has 4 aromatic rings. The van der Waals surface area contributed by atoms with Crippen LogP contribution in [0.1, 0.15) is 31.4 Å². The van der Waals surface area contributed by atoms with Gasteiger partial charge in [-0.15, -0.1) is 11.8 Å². The number of thioether (sulfide) groups is 1. The zero-order chi connectivity index (χ0) is 35.2. The summed E-state index contributed by atoms with van der Waals surface area (Å²) in [4.78, 5) is 34.9. The molecule has 0 N–H and O–H groups in total. The minimum atomic E-state index is -4.67. The van der Waals surface area contributed by atoms with Crippen LogP contribution in [0.5, 0.6) is 0 Å². The van der Waals surface area contributed by atoms with Crippen molar-refractivity contribution in [3.8, 4) is 0 Å². The Bertz CT molecular complexity index is 1910. The van der Waals surface area contributed by atoms with Crippen LogP contribution in [0.15, 0.2) is 101 Å². The van der Waals surface area contributed by atoms with E-state index in [1.807, 2.05) is 49.1 Å². The van der Waals surface area contributed by atoms with E-state index in [-0.39, 0.29) is 40.3 Å². The van der Waals surface area contributed by atoms with Crippen molar-refractivity contribution in [3.05, 3.63) is 124 Å². The summed E-state index contributed by atoms with van der Waals surface area (Å²) >= 11 is 1.01. The van der Waals surface area contributed by atoms with Gasteiger partial charge in [0.2, 0.25) is 5.91 Å². The average Bonchev–Trinajstić information content (AvgIpc) is 3.10. The normalized spacial score (nSPS) is 16.3. The summed E-state index contributed by atoms with van der Waals surface area (Å²) in [5, 5.41) is 0.460. The molecule has 0 aliphatic heterocycles. The Hall–Kier alpha value is -4.29. The number of aromatic nitrogens is 2. The van der Waals surface area contributed by atoms with Gasteiger partial charge in [-0.3, -0.25) is 9.59 Å². The second kappa shape index (κ2) is 15.5. The predicted octanol–water partition coefficient (Wildman–Crippen LogP) is 7.73. The zero-order valence-corrected chi connectivity index (χ0v) is 28.0. The first-order chi connectivity index (χ1) is 23.5. The van der Waals surface area contributed by atoms with Gasteiger partial charge in [0.1, 0.15) is 17.6 Å². The minimum absolute atomic E-state index is 0.0317. The third-order valence-corrected chi connectivity index (χ3v) is 9.96. The second-order valence-corrected chi connectivity index (χ2v) is 12.9. The molecule has 0 saturated carbocycles. The number of allylic oxidation sites excluding steroid dienone is 3. The SMILES string of the molecule is CCN(CC)CCN(CC1(C(F)(F)F)C=CC(c2ccccc2)=CC1)C(=O)Cn1c(SCc2cccc(F)c2F)cc(=O)c2cccnc21. The minimum Gasteiger partial charge on any atom is -0.339 e. The summed E-state index contributed by atoms with van der Waals surface area (Å²) in [7, 11) is 0. The van der Waals surface area contributed by atoms with Crippen molar-refractivity contribution in [2.75, 3.05) is 32.7 Å². The fourth-order valence-corrected chi connectivity index (χ4v) is 6.89. The lowest BCUT2D eigenvalue weighted by Crippen LogP contribution is -2.51. The maximum Gasteiger partial charge on any atom is 0.399 e. The van der Waals surface area contributed by atoms with E-state index in [2.05, 4.69) is 4.98 Å². The molecule has 49 heavy (non-hydrogen) atoms. The molecular formula is C37H37F5N4O2S. The lowest BCUT2D eigenvalue weighted by atomic mass is 9.77. The van der Waals surface area contributed by atoms with E-state index < -0.39 is 47.7 Å². The number of hydrogen-bond acceptors (Lipinski definition) is 5. The van der Waals surface area contributed by atoms with Gasteiger partial charge < -0.3 is 14.4 Å². The van der Waals surface area contributed by atoms with Crippen molar-refractivity contribution in [2.24, 2.45) is 5.41 Å². The molecule has 258 valence electrons. The van der Waals surface area contributed by atoms with Crippen LogP contribution in [0.2, 0.25) is 0 Å². The summed E-state index contributed by atoms with van der Waals surface area (Å²) in [6, 6.07) is 17.3. The zero-order valence-electron chi connectivity index (χ0n) is 27.2. The number of fused-ring (bicyclic) bond motifs is 1. The van der Waals surface area contributed by atoms with Crippen LogP contribution >= 0.6 is 11.8 Å². The van der Waals surface area contributed by atoms with E-state index in [0.717, 1.165) is 29.5 Å². The lowest BCUT2D eigenvalue weighted by Gasteiger charge is -2.39. The van der Waals surface area contributed by atoms with E-state index in [1.54, 1.807) is 18.2 Å². The van der Waals surface area contributed by atoms with Crippen molar-refractivity contribution in [1.29, 1.82) is 0 Å². The summed E-state index contributed by atoms with van der Waals surface area (Å²) < 4.78 is 74.9. The summed E-state index contributed by atoms with van der Waals surface area (Å²) in [5.41, 5.74) is -1.05. The standard InChI is InChI=1S/C37H37F5N4O2S/c1-3-44(4-2)20-21-45(25-36(37(40,41)42)17-15-27(16-18-36)26-10-6-5-7-11-26)32(48)23-46-33(22-31(47)29-13-9-19-43-35(29)46)49-24-28-12-8-14-30(38)34(28)39/h5-17,19,22H,3-4,18,20-21,23-25H2,1-2H3. The Balaban J connectivity index is 1.50. The van der Waals surface area contributed by atoms with Crippen LogP contribution in [-0.4, -0.2) is 64.2 Å². The first-order valence-corrected chi connectivity index (χ1v) is 17.0. The van der Waals surface area contributed by atoms with Crippen molar-refractivity contribution in [1.82, 2.24) is 19.4 Å². The largest absolute Gasteiger partial charge is 0.399 e. The van der Waals surface area contributed by atoms with Gasteiger partial charge in [-0.2, -0.15) is 13.2 Å². The number of hydrogen-bond donors (Lipinski definition) is 0. The molecule has 1 aliphatic rings. The number of alkyl halides is 3. The third-order valence-electron chi connectivity index (χ3n) is 8.88. The summed E-state index contributed by atoms with van der Waals surface area (Å²) in [6.07, 6.45) is 0.628. The number of rotatable bonds is 13. The molecule has 1 unspecified atom stereocenters. The van der Waals surface area contributed by atoms with Crippen molar-refractivity contribution in [2.45, 2.75) is 43.8 Å². The Kier molecular flexibility index (Phi) is 11.4. The van der Waals surface area contributed by atoms with Crippen LogP contribution in [0.25, 0.3) is 16.6 Å². The highest BCUT2D eigenvalue weighted by molar-refractivity contribution is 7.98. The molecule has 1 atom stereocenters. The van der Waals surface area contributed by atoms with E-state index in [0.29, 0.717) is 25.2 Å². The number of benzene rings is 2. The average molecular weight is 697 g/mol. The molecule has 2 aromatic heterocycles. The van der Waals surface area contributed by atoms with Crippen molar-refractivity contribution < 1.29 is 26.7 Å². The second-order valence-electron chi connectivity index (χ2n) is 11.9. The van der Waals surface area contributed by atoms with Gasteiger partial charge in [-0.25, -0.2) is 13.8 Å². The van der Waals surface area contributed by atoms with Gasteiger partial charge in [0.15, 0.2) is 17.1 Å². The van der Waals surface area contributed by atoms with Gasteiger partial charge >= 0.3 is 6.18 Å². The van der Waals surface area contributed by atoms with E-state index in [9.17, 15) is 18.4 Å². The molecule has 0 radical (unpaired) electrons.